The predicted octanol–water partition coefficient (Wildman–Crippen LogP) is 0.473. The molecule has 1 aromatic carbocycles. The van der Waals surface area contributed by atoms with E-state index in [1.54, 1.807) is 0 Å². The lowest BCUT2D eigenvalue weighted by Gasteiger charge is -2.35. The van der Waals surface area contributed by atoms with E-state index in [4.69, 9.17) is 0 Å². The van der Waals surface area contributed by atoms with Crippen LogP contribution in [-0.2, 0) is 11.3 Å². The van der Waals surface area contributed by atoms with E-state index in [0.717, 1.165) is 65.4 Å². The van der Waals surface area contributed by atoms with E-state index in [2.05, 4.69) is 62.5 Å². The number of hydrogen-bond acceptors (Lipinski definition) is 5. The van der Waals surface area contributed by atoms with Crippen molar-refractivity contribution in [3.63, 3.8) is 0 Å². The third-order valence-corrected chi connectivity index (χ3v) is 5.16. The monoisotopic (exact) mass is 345 g/mol. The molecule has 0 bridgehead atoms. The quantitative estimate of drug-likeness (QED) is 0.812. The fourth-order valence-electron chi connectivity index (χ4n) is 3.42. The van der Waals surface area contributed by atoms with Crippen LogP contribution in [0.4, 0.5) is 0 Å². The normalized spacial score (nSPS) is 21.3. The lowest BCUT2D eigenvalue weighted by atomic mass is 10.2. The Hall–Kier alpha value is -1.47. The maximum atomic E-state index is 12.1. The number of hydrogen-bond donors (Lipinski definition) is 1. The smallest absolute Gasteiger partial charge is 0.235 e. The number of nitrogens with zero attached hydrogens (tertiary/aromatic N) is 4. The van der Waals surface area contributed by atoms with Crippen LogP contribution in [0.1, 0.15) is 12.0 Å². The van der Waals surface area contributed by atoms with Gasteiger partial charge in [-0.15, -0.1) is 0 Å². The van der Waals surface area contributed by atoms with E-state index < -0.39 is 0 Å². The average Bonchev–Trinajstić information content (AvgIpc) is 2.64. The molecule has 0 unspecified atom stereocenters. The first kappa shape index (κ1) is 18.3. The van der Waals surface area contributed by atoms with Crippen LogP contribution in [0.2, 0.25) is 0 Å². The molecule has 2 aliphatic heterocycles. The lowest BCUT2D eigenvalue weighted by Crippen LogP contribution is -2.53. The summed E-state index contributed by atoms with van der Waals surface area (Å²) in [5.74, 6) is 0.149. The first-order valence-electron chi connectivity index (χ1n) is 9.41. The Morgan fingerprint density at radius 3 is 2.24 bits per heavy atom. The van der Waals surface area contributed by atoms with Gasteiger partial charge in [-0.3, -0.25) is 15.1 Å². The molecule has 2 heterocycles. The second-order valence-corrected chi connectivity index (χ2v) is 7.18. The molecule has 138 valence electrons. The Labute approximate surface area is 151 Å². The number of rotatable bonds is 6. The van der Waals surface area contributed by atoms with E-state index in [9.17, 15) is 4.79 Å². The van der Waals surface area contributed by atoms with Gasteiger partial charge in [0.25, 0.3) is 0 Å². The largest absolute Gasteiger partial charge is 0.304 e. The number of hydrazine groups is 1. The summed E-state index contributed by atoms with van der Waals surface area (Å²) < 4.78 is 0. The SMILES string of the molecule is CN1CCN(NC(=O)CCN2CCN(Cc3ccccc3)CC2)CC1. The highest BCUT2D eigenvalue weighted by Crippen LogP contribution is 2.08. The first-order chi connectivity index (χ1) is 12.2. The molecule has 0 radical (unpaired) electrons. The molecule has 25 heavy (non-hydrogen) atoms. The highest BCUT2D eigenvalue weighted by atomic mass is 16.2. The molecule has 2 fully saturated rings. The Kier molecular flexibility index (Phi) is 6.81. The van der Waals surface area contributed by atoms with Crippen LogP contribution in [0, 0.1) is 0 Å². The van der Waals surface area contributed by atoms with E-state index in [1.807, 2.05) is 0 Å². The van der Waals surface area contributed by atoms with Gasteiger partial charge in [0.1, 0.15) is 0 Å². The van der Waals surface area contributed by atoms with Crippen LogP contribution in [0.3, 0.4) is 0 Å². The molecule has 0 saturated carbocycles. The van der Waals surface area contributed by atoms with E-state index in [0.29, 0.717) is 6.42 Å². The fourth-order valence-corrected chi connectivity index (χ4v) is 3.42. The van der Waals surface area contributed by atoms with Crippen molar-refractivity contribution in [2.24, 2.45) is 0 Å². The van der Waals surface area contributed by atoms with Crippen LogP contribution in [0.15, 0.2) is 30.3 Å². The number of piperazine rings is 2. The maximum Gasteiger partial charge on any atom is 0.235 e. The number of carbonyl (C=O) groups excluding carboxylic acids is 1. The molecule has 0 aromatic heterocycles. The van der Waals surface area contributed by atoms with Crippen molar-refractivity contribution in [2.45, 2.75) is 13.0 Å². The summed E-state index contributed by atoms with van der Waals surface area (Å²) in [4.78, 5) is 19.3. The van der Waals surface area contributed by atoms with Crippen LogP contribution >= 0.6 is 0 Å². The standard InChI is InChI=1S/C19H31N5O/c1-21-9-15-24(16-10-21)20-19(25)7-8-22-11-13-23(14-12-22)17-18-5-3-2-4-6-18/h2-6H,7-17H2,1H3,(H,20,25). The summed E-state index contributed by atoms with van der Waals surface area (Å²) in [6.45, 7) is 10.0. The molecular formula is C19H31N5O. The summed E-state index contributed by atoms with van der Waals surface area (Å²) >= 11 is 0. The average molecular weight is 345 g/mol. The van der Waals surface area contributed by atoms with E-state index in [-0.39, 0.29) is 5.91 Å². The lowest BCUT2D eigenvalue weighted by molar-refractivity contribution is -0.127. The van der Waals surface area contributed by atoms with Crippen molar-refractivity contribution in [3.05, 3.63) is 35.9 Å². The number of carbonyl (C=O) groups is 1. The summed E-state index contributed by atoms with van der Waals surface area (Å²) in [5, 5.41) is 2.06. The maximum absolute atomic E-state index is 12.1. The Balaban J connectivity index is 1.30. The molecule has 1 amide bonds. The van der Waals surface area contributed by atoms with Gasteiger partial charge in [0.05, 0.1) is 0 Å². The number of likely N-dealkylation sites (N-methyl/N-ethyl adjacent to an activating group) is 1. The van der Waals surface area contributed by atoms with Gasteiger partial charge in [-0.2, -0.15) is 0 Å². The molecule has 3 rings (SSSR count). The Morgan fingerprint density at radius 2 is 1.56 bits per heavy atom. The zero-order valence-corrected chi connectivity index (χ0v) is 15.4. The minimum Gasteiger partial charge on any atom is -0.304 e. The minimum absolute atomic E-state index is 0.149. The highest BCUT2D eigenvalue weighted by molar-refractivity contribution is 5.75. The van der Waals surface area contributed by atoms with Crippen LogP contribution in [0.5, 0.6) is 0 Å². The molecule has 6 heteroatoms. The second kappa shape index (κ2) is 9.29. The molecule has 0 aliphatic carbocycles. The third kappa shape index (κ3) is 6.08. The number of benzene rings is 1. The topological polar surface area (TPSA) is 42.1 Å². The minimum atomic E-state index is 0.149. The third-order valence-electron chi connectivity index (χ3n) is 5.16. The van der Waals surface area contributed by atoms with Gasteiger partial charge >= 0.3 is 0 Å². The first-order valence-corrected chi connectivity index (χ1v) is 9.41. The molecule has 1 N–H and O–H groups in total. The van der Waals surface area contributed by atoms with Gasteiger partial charge < -0.3 is 9.80 Å². The molecule has 0 atom stereocenters. The second-order valence-electron chi connectivity index (χ2n) is 7.18. The van der Waals surface area contributed by atoms with Gasteiger partial charge in [-0.1, -0.05) is 30.3 Å². The van der Waals surface area contributed by atoms with Crippen molar-refractivity contribution in [3.8, 4) is 0 Å². The van der Waals surface area contributed by atoms with Crippen LogP contribution < -0.4 is 5.43 Å². The molecule has 0 spiro atoms. The molecular weight excluding hydrogens is 314 g/mol. The molecule has 6 nitrogen and oxygen atoms in total. The van der Waals surface area contributed by atoms with Gasteiger partial charge in [-0.25, -0.2) is 5.01 Å². The summed E-state index contributed by atoms with van der Waals surface area (Å²) in [5.41, 5.74) is 4.43. The molecule has 2 saturated heterocycles. The summed E-state index contributed by atoms with van der Waals surface area (Å²) in [6, 6.07) is 10.6. The van der Waals surface area contributed by atoms with Crippen molar-refractivity contribution in [1.82, 2.24) is 25.1 Å². The summed E-state index contributed by atoms with van der Waals surface area (Å²) in [7, 11) is 2.12. The highest BCUT2D eigenvalue weighted by Gasteiger charge is 2.19. The number of amides is 1. The van der Waals surface area contributed by atoms with Gasteiger partial charge in [-0.05, 0) is 12.6 Å². The molecule has 1 aromatic rings. The van der Waals surface area contributed by atoms with Crippen molar-refractivity contribution in [1.29, 1.82) is 0 Å². The van der Waals surface area contributed by atoms with Crippen LogP contribution in [-0.4, -0.2) is 91.6 Å². The molecule has 2 aliphatic rings. The summed E-state index contributed by atoms with van der Waals surface area (Å²) in [6.07, 6.45) is 0.588. The Morgan fingerprint density at radius 1 is 0.920 bits per heavy atom. The van der Waals surface area contributed by atoms with Gasteiger partial charge in [0, 0.05) is 71.9 Å². The van der Waals surface area contributed by atoms with Crippen molar-refractivity contribution in [2.75, 3.05) is 66.0 Å². The fraction of sp³-hybridized carbons (Fsp3) is 0.632. The van der Waals surface area contributed by atoms with Gasteiger partial charge in [0.15, 0.2) is 0 Å². The number of nitrogens with one attached hydrogen (secondary N) is 1. The van der Waals surface area contributed by atoms with E-state index >= 15 is 0 Å². The van der Waals surface area contributed by atoms with Crippen molar-refractivity contribution >= 4 is 5.91 Å². The van der Waals surface area contributed by atoms with Crippen molar-refractivity contribution < 1.29 is 4.79 Å². The van der Waals surface area contributed by atoms with E-state index in [1.165, 1.54) is 5.56 Å². The van der Waals surface area contributed by atoms with Crippen LogP contribution in [0.25, 0.3) is 0 Å². The van der Waals surface area contributed by atoms with Gasteiger partial charge in [0.2, 0.25) is 5.91 Å². The zero-order chi connectivity index (χ0) is 17.5. The predicted molar refractivity (Wildman–Crippen MR) is 100.0 cm³/mol. The Bertz CT molecular complexity index is 522. The zero-order valence-electron chi connectivity index (χ0n) is 15.4.